The highest BCUT2D eigenvalue weighted by Crippen LogP contribution is 2.40. The summed E-state index contributed by atoms with van der Waals surface area (Å²) in [7, 11) is 2.99. The predicted molar refractivity (Wildman–Crippen MR) is 104 cm³/mol. The Hall–Kier alpha value is -2.35. The van der Waals surface area contributed by atoms with Crippen molar-refractivity contribution in [2.45, 2.75) is 43.8 Å². The summed E-state index contributed by atoms with van der Waals surface area (Å²) < 4.78 is 6.98. The Labute approximate surface area is 163 Å². The number of amides is 1. The lowest BCUT2D eigenvalue weighted by molar-refractivity contribution is -0.115. The van der Waals surface area contributed by atoms with Gasteiger partial charge in [-0.05, 0) is 25.0 Å². The zero-order chi connectivity index (χ0) is 19.6. The first-order chi connectivity index (χ1) is 12.9. The Kier molecular flexibility index (Phi) is 5.84. The van der Waals surface area contributed by atoms with Crippen molar-refractivity contribution in [2.24, 2.45) is 0 Å². The quantitative estimate of drug-likeness (QED) is 0.535. The molecule has 1 amide bonds. The lowest BCUT2D eigenvalue weighted by atomic mass is 10.1. The maximum Gasteiger partial charge on any atom is 0.339 e. The van der Waals surface area contributed by atoms with Gasteiger partial charge in [0.05, 0.1) is 24.1 Å². The molecule has 7 nitrogen and oxygen atoms in total. The van der Waals surface area contributed by atoms with E-state index in [0.29, 0.717) is 17.3 Å². The van der Waals surface area contributed by atoms with Gasteiger partial charge in [-0.3, -0.25) is 4.79 Å². The molecule has 1 aromatic carbocycles. The van der Waals surface area contributed by atoms with Crippen LogP contribution in [0.25, 0.3) is 0 Å². The number of nitrogens with zero attached hydrogens (tertiary/aromatic N) is 4. The second-order valence-electron chi connectivity index (χ2n) is 6.85. The first-order valence-corrected chi connectivity index (χ1v) is 9.94. The Balaban J connectivity index is 1.73. The molecule has 27 heavy (non-hydrogen) atoms. The highest BCUT2D eigenvalue weighted by molar-refractivity contribution is 7.99. The van der Waals surface area contributed by atoms with Crippen LogP contribution in [-0.2, 0) is 9.53 Å². The number of carbonyl (C=O) groups is 2. The van der Waals surface area contributed by atoms with Gasteiger partial charge in [-0.1, -0.05) is 37.7 Å². The zero-order valence-electron chi connectivity index (χ0n) is 16.0. The predicted octanol–water partition coefficient (Wildman–Crippen LogP) is 3.28. The van der Waals surface area contributed by atoms with Crippen LogP contribution in [0.4, 0.5) is 5.69 Å². The molecule has 1 aromatic heterocycles. The fraction of sp³-hybridized carbons (Fsp3) is 0.474. The van der Waals surface area contributed by atoms with Crippen molar-refractivity contribution in [3.8, 4) is 0 Å². The van der Waals surface area contributed by atoms with Gasteiger partial charge in [-0.2, -0.15) is 0 Å². The van der Waals surface area contributed by atoms with Crippen LogP contribution in [0.1, 0.15) is 54.8 Å². The van der Waals surface area contributed by atoms with Gasteiger partial charge in [0.25, 0.3) is 0 Å². The van der Waals surface area contributed by atoms with Gasteiger partial charge in [-0.15, -0.1) is 10.2 Å². The molecule has 0 atom stereocenters. The highest BCUT2D eigenvalue weighted by atomic mass is 32.2. The van der Waals surface area contributed by atoms with Gasteiger partial charge >= 0.3 is 5.97 Å². The number of hydrogen-bond donors (Lipinski definition) is 0. The molecule has 0 radical (unpaired) electrons. The summed E-state index contributed by atoms with van der Waals surface area (Å²) in [6.07, 6.45) is 2.26. The number of rotatable bonds is 7. The summed E-state index contributed by atoms with van der Waals surface area (Å²) in [4.78, 5) is 26.1. The van der Waals surface area contributed by atoms with E-state index in [2.05, 4.69) is 28.6 Å². The van der Waals surface area contributed by atoms with Crippen LogP contribution in [0.15, 0.2) is 29.4 Å². The Morgan fingerprint density at radius 3 is 2.63 bits per heavy atom. The van der Waals surface area contributed by atoms with Gasteiger partial charge in [0.2, 0.25) is 5.91 Å². The van der Waals surface area contributed by atoms with Crippen LogP contribution in [-0.4, -0.2) is 46.6 Å². The molecule has 0 saturated heterocycles. The molecule has 1 fully saturated rings. The van der Waals surface area contributed by atoms with Crippen molar-refractivity contribution in [1.82, 2.24) is 14.8 Å². The lowest BCUT2D eigenvalue weighted by Gasteiger charge is -2.19. The Bertz CT molecular complexity index is 845. The van der Waals surface area contributed by atoms with Crippen molar-refractivity contribution in [3.05, 3.63) is 35.7 Å². The molecular weight excluding hydrogens is 364 g/mol. The largest absolute Gasteiger partial charge is 0.465 e. The maximum atomic E-state index is 12.7. The third-order valence-electron chi connectivity index (χ3n) is 4.49. The summed E-state index contributed by atoms with van der Waals surface area (Å²) in [6, 6.07) is 7.37. The van der Waals surface area contributed by atoms with Crippen molar-refractivity contribution in [2.75, 3.05) is 24.8 Å². The number of ether oxygens (including phenoxy) is 1. The number of thioether (sulfide) groups is 1. The third kappa shape index (κ3) is 4.16. The highest BCUT2D eigenvalue weighted by Gasteiger charge is 2.31. The molecule has 3 rings (SSSR count). The number of benzene rings is 1. The minimum absolute atomic E-state index is 0.118. The van der Waals surface area contributed by atoms with Gasteiger partial charge in [0, 0.05) is 19.0 Å². The molecule has 0 unspecified atom stereocenters. The van der Waals surface area contributed by atoms with Gasteiger partial charge < -0.3 is 14.2 Å². The van der Waals surface area contributed by atoms with Crippen LogP contribution < -0.4 is 4.90 Å². The van der Waals surface area contributed by atoms with E-state index in [-0.39, 0.29) is 17.6 Å². The Morgan fingerprint density at radius 2 is 2.00 bits per heavy atom. The molecule has 0 bridgehead atoms. The topological polar surface area (TPSA) is 77.3 Å². The number of anilines is 1. The van der Waals surface area contributed by atoms with Crippen molar-refractivity contribution >= 4 is 29.3 Å². The lowest BCUT2D eigenvalue weighted by Crippen LogP contribution is -2.29. The summed E-state index contributed by atoms with van der Waals surface area (Å²) >= 11 is 1.39. The summed E-state index contributed by atoms with van der Waals surface area (Å²) in [5, 5.41) is 9.39. The Morgan fingerprint density at radius 1 is 1.30 bits per heavy atom. The smallest absolute Gasteiger partial charge is 0.339 e. The van der Waals surface area contributed by atoms with Crippen LogP contribution >= 0.6 is 11.8 Å². The number of carbonyl (C=O) groups excluding carboxylic acids is 2. The van der Waals surface area contributed by atoms with E-state index in [1.165, 1.54) is 23.8 Å². The van der Waals surface area contributed by atoms with Crippen molar-refractivity contribution < 1.29 is 14.3 Å². The summed E-state index contributed by atoms with van der Waals surface area (Å²) in [5.74, 6) is 0.893. The molecule has 1 aliphatic carbocycles. The average molecular weight is 388 g/mol. The normalized spacial score (nSPS) is 13.7. The molecule has 144 valence electrons. The molecule has 2 aromatic rings. The number of methoxy groups -OCH3 is 1. The maximum absolute atomic E-state index is 12.7. The number of hydrogen-bond acceptors (Lipinski definition) is 6. The number of para-hydroxylation sites is 1. The average Bonchev–Trinajstić information content (AvgIpc) is 3.43. The third-order valence-corrected chi connectivity index (χ3v) is 5.42. The molecule has 0 aliphatic heterocycles. The molecule has 8 heteroatoms. The van der Waals surface area contributed by atoms with E-state index in [9.17, 15) is 9.59 Å². The second-order valence-corrected chi connectivity index (χ2v) is 7.79. The SMILES string of the molecule is COC(=O)c1ccccc1N(C)C(=O)CSc1nnc(C(C)C)n1C1CC1. The van der Waals surface area contributed by atoms with Crippen LogP contribution in [0, 0.1) is 0 Å². The fourth-order valence-electron chi connectivity index (χ4n) is 2.86. The van der Waals surface area contributed by atoms with E-state index in [0.717, 1.165) is 23.8 Å². The van der Waals surface area contributed by atoms with Crippen molar-refractivity contribution in [1.29, 1.82) is 0 Å². The van der Waals surface area contributed by atoms with Crippen molar-refractivity contribution in [3.63, 3.8) is 0 Å². The van der Waals surface area contributed by atoms with E-state index in [4.69, 9.17) is 4.74 Å². The van der Waals surface area contributed by atoms with E-state index < -0.39 is 5.97 Å². The van der Waals surface area contributed by atoms with Crippen LogP contribution in [0.3, 0.4) is 0 Å². The van der Waals surface area contributed by atoms with Gasteiger partial charge in [-0.25, -0.2) is 4.79 Å². The van der Waals surface area contributed by atoms with Gasteiger partial charge in [0.15, 0.2) is 5.16 Å². The van der Waals surface area contributed by atoms with Gasteiger partial charge in [0.1, 0.15) is 5.82 Å². The minimum Gasteiger partial charge on any atom is -0.465 e. The summed E-state index contributed by atoms with van der Waals surface area (Å²) in [5.41, 5.74) is 0.894. The molecule has 1 aliphatic rings. The minimum atomic E-state index is -0.465. The standard InChI is InChI=1S/C19H24N4O3S/c1-12(2)17-20-21-19(23(17)13-9-10-13)27-11-16(24)22(3)15-8-6-5-7-14(15)18(25)26-4/h5-8,12-13H,9-11H2,1-4H3. The molecular formula is C19H24N4O3S. The zero-order valence-corrected chi connectivity index (χ0v) is 16.8. The van der Waals surface area contributed by atoms with Crippen LogP contribution in [0.2, 0.25) is 0 Å². The molecule has 0 N–H and O–H groups in total. The van der Waals surface area contributed by atoms with E-state index >= 15 is 0 Å². The van der Waals surface area contributed by atoms with E-state index in [1.807, 2.05) is 0 Å². The second kappa shape index (κ2) is 8.12. The molecule has 1 saturated carbocycles. The first kappa shape index (κ1) is 19.4. The van der Waals surface area contributed by atoms with Crippen LogP contribution in [0.5, 0.6) is 0 Å². The van der Waals surface area contributed by atoms with E-state index in [1.54, 1.807) is 31.3 Å². The first-order valence-electron chi connectivity index (χ1n) is 8.95. The molecule has 1 heterocycles. The summed E-state index contributed by atoms with van der Waals surface area (Å²) in [6.45, 7) is 4.19. The number of esters is 1. The number of aromatic nitrogens is 3. The molecule has 0 spiro atoms. The fourth-order valence-corrected chi connectivity index (χ4v) is 3.79. The monoisotopic (exact) mass is 388 g/mol.